The van der Waals surface area contributed by atoms with Gasteiger partial charge < -0.3 is 5.32 Å². The molecule has 0 fully saturated rings. The SMILES string of the molecule is CCc1ccc(-c2csc(NC(=O)CC3=CC=CC4=[N+](C)C(=O)N(C)C(=O)C34)n2)cc1. The molecule has 4 rings (SSSR count). The molecule has 4 amide bonds. The molecule has 2 aliphatic rings. The van der Waals surface area contributed by atoms with Crippen LogP contribution in [0.25, 0.3) is 11.3 Å². The number of carbonyl (C=O) groups excluding carboxylic acids is 3. The van der Waals surface area contributed by atoms with Crippen LogP contribution in [0, 0.1) is 5.92 Å². The first kappa shape index (κ1) is 20.9. The molecule has 0 saturated heterocycles. The van der Waals surface area contributed by atoms with Crippen molar-refractivity contribution in [1.82, 2.24) is 9.88 Å². The number of aromatic nitrogens is 1. The van der Waals surface area contributed by atoms with Crippen molar-refractivity contribution in [3.8, 4) is 11.3 Å². The van der Waals surface area contributed by atoms with Gasteiger partial charge in [0.15, 0.2) is 5.13 Å². The zero-order valence-corrected chi connectivity index (χ0v) is 18.4. The van der Waals surface area contributed by atoms with Gasteiger partial charge in [-0.15, -0.1) is 11.3 Å². The van der Waals surface area contributed by atoms with E-state index >= 15 is 0 Å². The summed E-state index contributed by atoms with van der Waals surface area (Å²) in [5, 5.41) is 5.25. The minimum atomic E-state index is -0.632. The molecule has 1 aromatic carbocycles. The molecule has 0 radical (unpaired) electrons. The topological polar surface area (TPSA) is 82.4 Å². The molecule has 2 heterocycles. The second-order valence-electron chi connectivity index (χ2n) is 7.51. The Morgan fingerprint density at radius 3 is 2.71 bits per heavy atom. The summed E-state index contributed by atoms with van der Waals surface area (Å²) in [6.07, 6.45) is 6.29. The van der Waals surface area contributed by atoms with Gasteiger partial charge in [-0.2, -0.15) is 14.3 Å². The fraction of sp³-hybridized carbons (Fsp3) is 0.261. The van der Waals surface area contributed by atoms with Gasteiger partial charge in [0, 0.05) is 17.4 Å². The standard InChI is InChI=1S/C23H22N4O3S/c1-4-14-8-10-15(11-9-14)17-13-31-22(24-17)25-19(28)12-16-6-5-7-18-20(16)21(29)27(3)23(30)26(18)2/h5-11,13,20H,4,12H2,1-3H3/p+1. The average molecular weight is 436 g/mol. The van der Waals surface area contributed by atoms with E-state index in [1.165, 1.54) is 28.5 Å². The van der Waals surface area contributed by atoms with Crippen molar-refractivity contribution in [2.24, 2.45) is 5.92 Å². The lowest BCUT2D eigenvalue weighted by atomic mass is 9.85. The van der Waals surface area contributed by atoms with E-state index in [4.69, 9.17) is 0 Å². The third-order valence-corrected chi connectivity index (χ3v) is 6.31. The van der Waals surface area contributed by atoms with Crippen LogP contribution < -0.4 is 5.32 Å². The summed E-state index contributed by atoms with van der Waals surface area (Å²) in [5.74, 6) is -1.21. The highest BCUT2D eigenvalue weighted by Gasteiger charge is 2.46. The Balaban J connectivity index is 1.47. The van der Waals surface area contributed by atoms with Crippen molar-refractivity contribution in [1.29, 1.82) is 0 Å². The summed E-state index contributed by atoms with van der Waals surface area (Å²) in [7, 11) is 3.09. The van der Waals surface area contributed by atoms with Crippen LogP contribution in [0.2, 0.25) is 0 Å². The highest BCUT2D eigenvalue weighted by Crippen LogP contribution is 2.29. The third kappa shape index (κ3) is 3.98. The predicted molar refractivity (Wildman–Crippen MR) is 120 cm³/mol. The number of benzene rings is 1. The molecule has 0 saturated carbocycles. The molecule has 8 heteroatoms. The van der Waals surface area contributed by atoms with Gasteiger partial charge in [-0.05, 0) is 23.6 Å². The molecule has 0 spiro atoms. The van der Waals surface area contributed by atoms with Gasteiger partial charge in [0.1, 0.15) is 11.6 Å². The number of nitrogens with one attached hydrogen (secondary N) is 1. The Morgan fingerprint density at radius 1 is 1.26 bits per heavy atom. The van der Waals surface area contributed by atoms with Crippen LogP contribution in [0.1, 0.15) is 18.9 Å². The van der Waals surface area contributed by atoms with Crippen molar-refractivity contribution < 1.29 is 19.0 Å². The number of nitrogens with zero attached hydrogens (tertiary/aromatic N) is 3. The van der Waals surface area contributed by atoms with E-state index in [1.807, 2.05) is 17.5 Å². The number of rotatable bonds is 5. The molecule has 1 aliphatic heterocycles. The van der Waals surface area contributed by atoms with Gasteiger partial charge in [0.05, 0.1) is 19.8 Å². The fourth-order valence-electron chi connectivity index (χ4n) is 3.75. The minimum Gasteiger partial charge on any atom is -0.302 e. The molecule has 31 heavy (non-hydrogen) atoms. The number of fused-ring (bicyclic) bond motifs is 1. The van der Waals surface area contributed by atoms with Crippen molar-refractivity contribution in [2.45, 2.75) is 19.8 Å². The number of imide groups is 1. The molecular weight excluding hydrogens is 412 g/mol. The van der Waals surface area contributed by atoms with Crippen LogP contribution in [0.3, 0.4) is 0 Å². The first-order valence-corrected chi connectivity index (χ1v) is 10.9. The van der Waals surface area contributed by atoms with Crippen molar-refractivity contribution >= 4 is 40.0 Å². The maximum Gasteiger partial charge on any atom is 0.500 e. The second-order valence-corrected chi connectivity index (χ2v) is 8.37. The molecule has 1 aliphatic carbocycles. The van der Waals surface area contributed by atoms with E-state index in [2.05, 4.69) is 29.4 Å². The van der Waals surface area contributed by atoms with E-state index < -0.39 is 5.92 Å². The molecule has 2 aromatic rings. The van der Waals surface area contributed by atoms with E-state index in [0.717, 1.165) is 22.6 Å². The zero-order valence-electron chi connectivity index (χ0n) is 17.6. The lowest BCUT2D eigenvalue weighted by Gasteiger charge is -2.27. The number of anilines is 1. The number of hydrogen-bond acceptors (Lipinski definition) is 5. The highest BCUT2D eigenvalue weighted by molar-refractivity contribution is 7.14. The average Bonchev–Trinajstić information content (AvgIpc) is 3.24. The number of carbonyl (C=O) groups is 3. The van der Waals surface area contributed by atoms with E-state index in [0.29, 0.717) is 16.4 Å². The van der Waals surface area contributed by atoms with Gasteiger partial charge in [-0.1, -0.05) is 43.3 Å². The minimum absolute atomic E-state index is 0.0419. The van der Waals surface area contributed by atoms with Gasteiger partial charge >= 0.3 is 11.9 Å². The normalized spacial score (nSPS) is 18.2. The zero-order chi connectivity index (χ0) is 22.1. The molecule has 158 valence electrons. The Morgan fingerprint density at radius 2 is 2.00 bits per heavy atom. The first-order chi connectivity index (χ1) is 14.9. The summed E-state index contributed by atoms with van der Waals surface area (Å²) in [6.45, 7) is 2.11. The molecule has 0 bridgehead atoms. The van der Waals surface area contributed by atoms with Crippen LogP contribution in [0.5, 0.6) is 0 Å². The maximum atomic E-state index is 12.7. The first-order valence-electron chi connectivity index (χ1n) is 10.0. The van der Waals surface area contributed by atoms with Crippen molar-refractivity contribution in [2.75, 3.05) is 19.4 Å². The largest absolute Gasteiger partial charge is 0.500 e. The highest BCUT2D eigenvalue weighted by atomic mass is 32.1. The third-order valence-electron chi connectivity index (χ3n) is 5.56. The summed E-state index contributed by atoms with van der Waals surface area (Å²) in [6, 6.07) is 7.82. The molecule has 1 unspecified atom stereocenters. The van der Waals surface area contributed by atoms with E-state index in [9.17, 15) is 14.4 Å². The Labute approximate surface area is 184 Å². The number of aryl methyl sites for hydroxylation is 1. The quantitative estimate of drug-likeness (QED) is 0.729. The second kappa shape index (κ2) is 8.39. The summed E-state index contributed by atoms with van der Waals surface area (Å²) in [4.78, 5) is 43.2. The van der Waals surface area contributed by atoms with Gasteiger partial charge in [0.25, 0.3) is 0 Å². The molecular formula is C23H23N4O3S+. The van der Waals surface area contributed by atoms with Crippen LogP contribution in [0.4, 0.5) is 9.93 Å². The van der Waals surface area contributed by atoms with E-state index in [-0.39, 0.29) is 24.3 Å². The van der Waals surface area contributed by atoms with Gasteiger partial charge in [-0.3, -0.25) is 4.79 Å². The number of amides is 4. The lowest BCUT2D eigenvalue weighted by Crippen LogP contribution is -2.52. The van der Waals surface area contributed by atoms with Crippen LogP contribution in [-0.4, -0.2) is 52.1 Å². The number of thiazole rings is 1. The number of allylic oxidation sites excluding steroid dienone is 3. The fourth-order valence-corrected chi connectivity index (χ4v) is 4.49. The summed E-state index contributed by atoms with van der Waals surface area (Å²) in [5.41, 5.74) is 4.30. The van der Waals surface area contributed by atoms with E-state index in [1.54, 1.807) is 25.3 Å². The van der Waals surface area contributed by atoms with Crippen molar-refractivity contribution in [3.05, 3.63) is 59.0 Å². The number of hydrogen-bond donors (Lipinski definition) is 1. The van der Waals surface area contributed by atoms with Crippen LogP contribution in [0.15, 0.2) is 53.4 Å². The van der Waals surface area contributed by atoms with Gasteiger partial charge in [-0.25, -0.2) is 9.78 Å². The van der Waals surface area contributed by atoms with Crippen LogP contribution >= 0.6 is 11.3 Å². The smallest absolute Gasteiger partial charge is 0.302 e. The lowest BCUT2D eigenvalue weighted by molar-refractivity contribution is -0.405. The Kier molecular flexibility index (Phi) is 5.65. The summed E-state index contributed by atoms with van der Waals surface area (Å²) >= 11 is 1.36. The Hall–Kier alpha value is -3.39. The maximum absolute atomic E-state index is 12.7. The molecule has 1 N–H and O–H groups in total. The number of urea groups is 1. The molecule has 7 nitrogen and oxygen atoms in total. The Bertz CT molecular complexity index is 1160. The van der Waals surface area contributed by atoms with Crippen LogP contribution in [-0.2, 0) is 16.0 Å². The summed E-state index contributed by atoms with van der Waals surface area (Å²) < 4.78 is 1.45. The van der Waals surface area contributed by atoms with Crippen molar-refractivity contribution in [3.63, 3.8) is 0 Å². The molecule has 1 aromatic heterocycles. The monoisotopic (exact) mass is 435 g/mol. The van der Waals surface area contributed by atoms with Gasteiger partial charge in [0.2, 0.25) is 5.91 Å². The molecule has 1 atom stereocenters. The predicted octanol–water partition coefficient (Wildman–Crippen LogP) is 3.49.